The zero-order valence-corrected chi connectivity index (χ0v) is 15.2. The molecule has 0 saturated heterocycles. The van der Waals surface area contributed by atoms with Crippen LogP contribution in [0.3, 0.4) is 0 Å². The molecule has 6 nitrogen and oxygen atoms in total. The Hall–Kier alpha value is -2.24. The molecule has 0 aliphatic heterocycles. The number of carbonyl (C=O) groups is 1. The fourth-order valence-corrected chi connectivity index (χ4v) is 2.25. The Kier molecular flexibility index (Phi) is 9.34. The van der Waals surface area contributed by atoms with E-state index < -0.39 is 0 Å². The van der Waals surface area contributed by atoms with Crippen molar-refractivity contribution in [1.29, 1.82) is 0 Å². The number of aliphatic imine (C=N–C) groups is 1. The van der Waals surface area contributed by atoms with E-state index in [2.05, 4.69) is 40.0 Å². The van der Waals surface area contributed by atoms with Crippen molar-refractivity contribution in [3.05, 3.63) is 29.8 Å². The standard InChI is InChI=1S/C18H30N4O2/c1-5-19-17(23)13-22-18(20-6-2)21-12-11-14(3)15-7-9-16(24-4)10-8-15/h7-10,14H,5-6,11-13H2,1-4H3,(H,19,23)(H2,20,21,22). The number of guanidine groups is 1. The topological polar surface area (TPSA) is 74.8 Å². The molecule has 0 heterocycles. The molecule has 0 radical (unpaired) electrons. The van der Waals surface area contributed by atoms with Crippen molar-refractivity contribution in [2.24, 2.45) is 4.99 Å². The van der Waals surface area contributed by atoms with Crippen LogP contribution in [0, 0.1) is 0 Å². The van der Waals surface area contributed by atoms with Crippen molar-refractivity contribution in [3.8, 4) is 5.75 Å². The minimum absolute atomic E-state index is 0.0682. The normalized spacial score (nSPS) is 12.4. The van der Waals surface area contributed by atoms with E-state index in [4.69, 9.17) is 4.74 Å². The van der Waals surface area contributed by atoms with Gasteiger partial charge in [-0.05, 0) is 43.9 Å². The van der Waals surface area contributed by atoms with Gasteiger partial charge < -0.3 is 20.7 Å². The number of nitrogens with one attached hydrogen (secondary N) is 3. The van der Waals surface area contributed by atoms with Crippen LogP contribution in [0.4, 0.5) is 0 Å². The van der Waals surface area contributed by atoms with Gasteiger partial charge in [0.1, 0.15) is 12.3 Å². The van der Waals surface area contributed by atoms with Gasteiger partial charge in [-0.1, -0.05) is 19.1 Å². The highest BCUT2D eigenvalue weighted by Gasteiger charge is 2.07. The van der Waals surface area contributed by atoms with E-state index in [1.807, 2.05) is 26.0 Å². The molecule has 3 N–H and O–H groups in total. The van der Waals surface area contributed by atoms with Crippen LogP contribution < -0.4 is 20.7 Å². The molecular weight excluding hydrogens is 304 g/mol. The smallest absolute Gasteiger partial charge is 0.241 e. The number of hydrogen-bond acceptors (Lipinski definition) is 3. The highest BCUT2D eigenvalue weighted by molar-refractivity contribution is 5.84. The first-order chi connectivity index (χ1) is 11.6. The van der Waals surface area contributed by atoms with E-state index in [9.17, 15) is 4.79 Å². The maximum atomic E-state index is 11.5. The largest absolute Gasteiger partial charge is 0.497 e. The van der Waals surface area contributed by atoms with Crippen LogP contribution in [0.25, 0.3) is 0 Å². The molecule has 0 aliphatic rings. The molecule has 1 unspecified atom stereocenters. The second kappa shape index (κ2) is 11.3. The Bertz CT molecular complexity index is 514. The monoisotopic (exact) mass is 334 g/mol. The zero-order chi connectivity index (χ0) is 17.8. The molecule has 1 amide bonds. The van der Waals surface area contributed by atoms with Crippen LogP contribution in [0.15, 0.2) is 29.3 Å². The number of hydrogen-bond donors (Lipinski definition) is 3. The zero-order valence-electron chi connectivity index (χ0n) is 15.2. The van der Waals surface area contributed by atoms with Crippen LogP contribution in [-0.4, -0.2) is 45.2 Å². The van der Waals surface area contributed by atoms with Crippen LogP contribution in [-0.2, 0) is 4.79 Å². The molecule has 6 heteroatoms. The summed E-state index contributed by atoms with van der Waals surface area (Å²) < 4.78 is 5.18. The van der Waals surface area contributed by atoms with Crippen molar-refractivity contribution in [2.45, 2.75) is 33.1 Å². The molecule has 0 fully saturated rings. The minimum Gasteiger partial charge on any atom is -0.497 e. The summed E-state index contributed by atoms with van der Waals surface area (Å²) in [6, 6.07) is 8.16. The number of rotatable bonds is 9. The number of methoxy groups -OCH3 is 1. The second-order valence-electron chi connectivity index (χ2n) is 5.54. The van der Waals surface area contributed by atoms with Gasteiger partial charge in [-0.3, -0.25) is 4.79 Å². The number of nitrogens with zero attached hydrogens (tertiary/aromatic N) is 1. The van der Waals surface area contributed by atoms with E-state index >= 15 is 0 Å². The third kappa shape index (κ3) is 7.35. The lowest BCUT2D eigenvalue weighted by molar-refractivity contribution is -0.119. The summed E-state index contributed by atoms with van der Waals surface area (Å²) in [6.45, 7) is 8.40. The van der Waals surface area contributed by atoms with Crippen LogP contribution in [0.1, 0.15) is 38.7 Å². The summed E-state index contributed by atoms with van der Waals surface area (Å²) in [7, 11) is 1.67. The maximum Gasteiger partial charge on any atom is 0.241 e. The lowest BCUT2D eigenvalue weighted by atomic mass is 9.98. The molecule has 1 atom stereocenters. The Morgan fingerprint density at radius 2 is 1.79 bits per heavy atom. The summed E-state index contributed by atoms with van der Waals surface area (Å²) >= 11 is 0. The summed E-state index contributed by atoms with van der Waals surface area (Å²) in [5, 5.41) is 9.16. The molecule has 0 aromatic heterocycles. The molecule has 0 aliphatic carbocycles. The Morgan fingerprint density at radius 3 is 2.38 bits per heavy atom. The number of carbonyl (C=O) groups excluding carboxylic acids is 1. The quantitative estimate of drug-likeness (QED) is 0.476. The molecule has 0 spiro atoms. The lowest BCUT2D eigenvalue weighted by Crippen LogP contribution is -2.39. The summed E-state index contributed by atoms with van der Waals surface area (Å²) in [4.78, 5) is 15.8. The van der Waals surface area contributed by atoms with Crippen LogP contribution in [0.2, 0.25) is 0 Å². The van der Waals surface area contributed by atoms with Gasteiger partial charge in [0.15, 0.2) is 5.96 Å². The first-order valence-electron chi connectivity index (χ1n) is 8.53. The highest BCUT2D eigenvalue weighted by atomic mass is 16.5. The van der Waals surface area contributed by atoms with Crippen LogP contribution in [0.5, 0.6) is 5.75 Å². The number of ether oxygens (including phenoxy) is 1. The SMILES string of the molecule is CCNC(=O)CN=C(NCC)NCCC(C)c1ccc(OC)cc1. The predicted molar refractivity (Wildman–Crippen MR) is 98.7 cm³/mol. The Labute approximate surface area is 145 Å². The van der Waals surface area contributed by atoms with Gasteiger partial charge in [-0.2, -0.15) is 0 Å². The van der Waals surface area contributed by atoms with Gasteiger partial charge >= 0.3 is 0 Å². The fourth-order valence-electron chi connectivity index (χ4n) is 2.25. The Balaban J connectivity index is 2.45. The first kappa shape index (κ1) is 19.8. The molecule has 1 aromatic carbocycles. The van der Waals surface area contributed by atoms with Crippen molar-refractivity contribution < 1.29 is 9.53 Å². The maximum absolute atomic E-state index is 11.5. The van der Waals surface area contributed by atoms with Crippen molar-refractivity contribution in [3.63, 3.8) is 0 Å². The van der Waals surface area contributed by atoms with Gasteiger partial charge in [0.2, 0.25) is 5.91 Å². The Morgan fingerprint density at radius 1 is 1.12 bits per heavy atom. The van der Waals surface area contributed by atoms with Crippen molar-refractivity contribution in [1.82, 2.24) is 16.0 Å². The molecular formula is C18H30N4O2. The van der Waals surface area contributed by atoms with E-state index in [0.717, 1.165) is 25.3 Å². The third-order valence-corrected chi connectivity index (χ3v) is 3.65. The van der Waals surface area contributed by atoms with Gasteiger partial charge in [0, 0.05) is 19.6 Å². The van der Waals surface area contributed by atoms with E-state index in [0.29, 0.717) is 18.4 Å². The molecule has 134 valence electrons. The highest BCUT2D eigenvalue weighted by Crippen LogP contribution is 2.21. The average molecular weight is 334 g/mol. The van der Waals surface area contributed by atoms with Crippen molar-refractivity contribution in [2.75, 3.05) is 33.3 Å². The minimum atomic E-state index is -0.0682. The van der Waals surface area contributed by atoms with Crippen LogP contribution >= 0.6 is 0 Å². The number of benzene rings is 1. The second-order valence-corrected chi connectivity index (χ2v) is 5.54. The molecule has 1 rings (SSSR count). The van der Waals surface area contributed by atoms with Gasteiger partial charge in [-0.15, -0.1) is 0 Å². The van der Waals surface area contributed by atoms with Gasteiger partial charge in [0.05, 0.1) is 7.11 Å². The molecule has 24 heavy (non-hydrogen) atoms. The van der Waals surface area contributed by atoms with Crippen molar-refractivity contribution >= 4 is 11.9 Å². The van der Waals surface area contributed by atoms with E-state index in [1.54, 1.807) is 7.11 Å². The molecule has 0 saturated carbocycles. The van der Waals surface area contributed by atoms with E-state index in [-0.39, 0.29) is 12.5 Å². The first-order valence-corrected chi connectivity index (χ1v) is 8.53. The average Bonchev–Trinajstić information content (AvgIpc) is 2.60. The number of likely N-dealkylation sites (N-methyl/N-ethyl adjacent to an activating group) is 1. The third-order valence-electron chi connectivity index (χ3n) is 3.65. The molecule has 1 aromatic rings. The fraction of sp³-hybridized carbons (Fsp3) is 0.556. The summed E-state index contributed by atoms with van der Waals surface area (Å²) in [5.74, 6) is 1.90. The van der Waals surface area contributed by atoms with Gasteiger partial charge in [-0.25, -0.2) is 4.99 Å². The van der Waals surface area contributed by atoms with Gasteiger partial charge in [0.25, 0.3) is 0 Å². The lowest BCUT2D eigenvalue weighted by Gasteiger charge is -2.15. The van der Waals surface area contributed by atoms with E-state index in [1.165, 1.54) is 5.56 Å². The molecule has 0 bridgehead atoms. The predicted octanol–water partition coefficient (Wildman–Crippen LogP) is 1.88. The summed E-state index contributed by atoms with van der Waals surface area (Å²) in [6.07, 6.45) is 0.970. The summed E-state index contributed by atoms with van der Waals surface area (Å²) in [5.41, 5.74) is 1.28. The number of amides is 1.